The third kappa shape index (κ3) is 5.70. The Morgan fingerprint density at radius 1 is 0.840 bits per heavy atom. The molecule has 0 aromatic rings. The SMILES string of the molecule is O=C(NCCC1CCCNC1)C1CCC(NC(=O)C2CCCC2)CC1. The fourth-order valence-electron chi connectivity index (χ4n) is 4.72. The number of rotatable bonds is 6. The lowest BCUT2D eigenvalue weighted by Gasteiger charge is -2.29. The molecule has 142 valence electrons. The predicted molar refractivity (Wildman–Crippen MR) is 99.1 cm³/mol. The van der Waals surface area contributed by atoms with Crippen molar-refractivity contribution >= 4 is 11.8 Å². The highest BCUT2D eigenvalue weighted by atomic mass is 16.2. The van der Waals surface area contributed by atoms with Gasteiger partial charge in [0.05, 0.1) is 0 Å². The summed E-state index contributed by atoms with van der Waals surface area (Å²) in [7, 11) is 0. The van der Waals surface area contributed by atoms with Gasteiger partial charge in [-0.25, -0.2) is 0 Å². The first-order valence-corrected chi connectivity index (χ1v) is 10.5. The molecule has 0 bridgehead atoms. The van der Waals surface area contributed by atoms with Crippen molar-refractivity contribution in [2.45, 2.75) is 76.7 Å². The molecule has 0 spiro atoms. The topological polar surface area (TPSA) is 70.2 Å². The van der Waals surface area contributed by atoms with Crippen LogP contribution in [0, 0.1) is 17.8 Å². The summed E-state index contributed by atoms with van der Waals surface area (Å²) in [4.78, 5) is 24.6. The zero-order chi connectivity index (χ0) is 17.5. The molecule has 3 rings (SSSR count). The van der Waals surface area contributed by atoms with E-state index in [1.807, 2.05) is 0 Å². The molecule has 0 radical (unpaired) electrons. The molecule has 3 fully saturated rings. The predicted octanol–water partition coefficient (Wildman–Crippen LogP) is 2.36. The number of amides is 2. The molecular weight excluding hydrogens is 314 g/mol. The average Bonchev–Trinajstić information content (AvgIpc) is 3.18. The molecule has 2 saturated carbocycles. The molecule has 3 aliphatic rings. The van der Waals surface area contributed by atoms with Gasteiger partial charge in [-0.1, -0.05) is 12.8 Å². The van der Waals surface area contributed by atoms with Gasteiger partial charge in [0.25, 0.3) is 0 Å². The summed E-state index contributed by atoms with van der Waals surface area (Å²) < 4.78 is 0. The summed E-state index contributed by atoms with van der Waals surface area (Å²) in [6, 6.07) is 0.283. The molecule has 5 heteroatoms. The molecule has 1 aliphatic heterocycles. The van der Waals surface area contributed by atoms with Crippen molar-refractivity contribution in [2.75, 3.05) is 19.6 Å². The second-order valence-electron chi connectivity index (χ2n) is 8.33. The van der Waals surface area contributed by atoms with Crippen molar-refractivity contribution in [3.8, 4) is 0 Å². The van der Waals surface area contributed by atoms with Gasteiger partial charge in [0.15, 0.2) is 0 Å². The van der Waals surface area contributed by atoms with Crippen LogP contribution in [-0.2, 0) is 9.59 Å². The van der Waals surface area contributed by atoms with Crippen molar-refractivity contribution in [3.05, 3.63) is 0 Å². The summed E-state index contributed by atoms with van der Waals surface area (Å²) in [6.45, 7) is 3.05. The Balaban J connectivity index is 1.29. The standard InChI is InChI=1S/C20H35N3O2/c24-19(22-13-11-15-4-3-12-21-14-15)17-7-9-18(10-8-17)23-20(25)16-5-1-2-6-16/h15-18,21H,1-14H2,(H,22,24)(H,23,25). The van der Waals surface area contributed by atoms with Crippen molar-refractivity contribution in [1.29, 1.82) is 0 Å². The van der Waals surface area contributed by atoms with Crippen LogP contribution in [-0.4, -0.2) is 37.5 Å². The van der Waals surface area contributed by atoms with E-state index in [1.165, 1.54) is 25.7 Å². The van der Waals surface area contributed by atoms with Crippen LogP contribution in [0.25, 0.3) is 0 Å². The van der Waals surface area contributed by atoms with Gasteiger partial charge < -0.3 is 16.0 Å². The maximum absolute atomic E-state index is 12.4. The first kappa shape index (κ1) is 18.7. The van der Waals surface area contributed by atoms with E-state index in [4.69, 9.17) is 0 Å². The molecule has 1 saturated heterocycles. The van der Waals surface area contributed by atoms with Gasteiger partial charge in [-0.3, -0.25) is 9.59 Å². The third-order valence-electron chi connectivity index (χ3n) is 6.42. The molecule has 5 nitrogen and oxygen atoms in total. The van der Waals surface area contributed by atoms with Gasteiger partial charge in [0.2, 0.25) is 11.8 Å². The van der Waals surface area contributed by atoms with E-state index in [1.54, 1.807) is 0 Å². The van der Waals surface area contributed by atoms with E-state index in [9.17, 15) is 9.59 Å². The van der Waals surface area contributed by atoms with Crippen LogP contribution in [0.1, 0.15) is 70.6 Å². The fourth-order valence-corrected chi connectivity index (χ4v) is 4.72. The summed E-state index contributed by atoms with van der Waals surface area (Å²) in [5, 5.41) is 9.80. The number of piperidine rings is 1. The molecule has 0 aromatic carbocycles. The van der Waals surface area contributed by atoms with Crippen LogP contribution >= 0.6 is 0 Å². The van der Waals surface area contributed by atoms with E-state index < -0.39 is 0 Å². The highest BCUT2D eigenvalue weighted by molar-refractivity contribution is 5.80. The monoisotopic (exact) mass is 349 g/mol. The van der Waals surface area contributed by atoms with Crippen LogP contribution < -0.4 is 16.0 Å². The third-order valence-corrected chi connectivity index (χ3v) is 6.42. The largest absolute Gasteiger partial charge is 0.356 e. The molecule has 1 heterocycles. The smallest absolute Gasteiger partial charge is 0.223 e. The zero-order valence-corrected chi connectivity index (χ0v) is 15.5. The van der Waals surface area contributed by atoms with Crippen LogP contribution in [0.3, 0.4) is 0 Å². The molecule has 25 heavy (non-hydrogen) atoms. The first-order chi connectivity index (χ1) is 12.2. The second-order valence-corrected chi connectivity index (χ2v) is 8.33. The van der Waals surface area contributed by atoms with Gasteiger partial charge >= 0.3 is 0 Å². The maximum atomic E-state index is 12.4. The lowest BCUT2D eigenvalue weighted by Crippen LogP contribution is -2.43. The number of nitrogens with one attached hydrogen (secondary N) is 3. The van der Waals surface area contributed by atoms with Gasteiger partial charge in [-0.05, 0) is 76.8 Å². The van der Waals surface area contributed by atoms with Crippen LogP contribution in [0.2, 0.25) is 0 Å². The second kappa shape index (κ2) is 9.56. The van der Waals surface area contributed by atoms with E-state index in [0.29, 0.717) is 0 Å². The Morgan fingerprint density at radius 2 is 1.56 bits per heavy atom. The Kier molecular flexibility index (Phi) is 7.14. The fraction of sp³-hybridized carbons (Fsp3) is 0.900. The normalized spacial score (nSPS) is 30.8. The molecular formula is C20H35N3O2. The van der Waals surface area contributed by atoms with Crippen molar-refractivity contribution < 1.29 is 9.59 Å². The minimum absolute atomic E-state index is 0.143. The lowest BCUT2D eigenvalue weighted by atomic mass is 9.85. The van der Waals surface area contributed by atoms with Gasteiger partial charge in [0.1, 0.15) is 0 Å². The average molecular weight is 350 g/mol. The molecule has 2 amide bonds. The highest BCUT2D eigenvalue weighted by Gasteiger charge is 2.29. The van der Waals surface area contributed by atoms with Crippen LogP contribution in [0.4, 0.5) is 0 Å². The Bertz CT molecular complexity index is 434. The molecule has 0 aromatic heterocycles. The quantitative estimate of drug-likeness (QED) is 0.689. The molecule has 1 atom stereocenters. The van der Waals surface area contributed by atoms with Gasteiger partial charge in [0, 0.05) is 24.4 Å². The minimum atomic E-state index is 0.143. The molecule has 1 unspecified atom stereocenters. The van der Waals surface area contributed by atoms with Crippen molar-refractivity contribution in [3.63, 3.8) is 0 Å². The van der Waals surface area contributed by atoms with Crippen LogP contribution in [0.5, 0.6) is 0 Å². The maximum Gasteiger partial charge on any atom is 0.223 e. The van der Waals surface area contributed by atoms with E-state index in [-0.39, 0.29) is 29.7 Å². The van der Waals surface area contributed by atoms with E-state index in [2.05, 4.69) is 16.0 Å². The Labute approximate surface area is 152 Å². The molecule has 3 N–H and O–H groups in total. The first-order valence-electron chi connectivity index (χ1n) is 10.5. The highest BCUT2D eigenvalue weighted by Crippen LogP contribution is 2.28. The van der Waals surface area contributed by atoms with E-state index >= 15 is 0 Å². The van der Waals surface area contributed by atoms with Gasteiger partial charge in [-0.2, -0.15) is 0 Å². The van der Waals surface area contributed by atoms with Gasteiger partial charge in [-0.15, -0.1) is 0 Å². The molecule has 2 aliphatic carbocycles. The summed E-state index contributed by atoms with van der Waals surface area (Å²) in [6.07, 6.45) is 11.9. The van der Waals surface area contributed by atoms with Crippen LogP contribution in [0.15, 0.2) is 0 Å². The van der Waals surface area contributed by atoms with Crippen molar-refractivity contribution in [1.82, 2.24) is 16.0 Å². The number of carbonyl (C=O) groups excluding carboxylic acids is 2. The Hall–Kier alpha value is -1.10. The van der Waals surface area contributed by atoms with E-state index in [0.717, 1.165) is 70.5 Å². The summed E-state index contributed by atoms with van der Waals surface area (Å²) in [5.74, 6) is 1.59. The Morgan fingerprint density at radius 3 is 2.24 bits per heavy atom. The number of hydrogen-bond donors (Lipinski definition) is 3. The number of carbonyl (C=O) groups is 2. The number of hydrogen-bond acceptors (Lipinski definition) is 3. The lowest BCUT2D eigenvalue weighted by molar-refractivity contribution is -0.126. The minimum Gasteiger partial charge on any atom is -0.356 e. The zero-order valence-electron chi connectivity index (χ0n) is 15.5. The summed E-state index contributed by atoms with van der Waals surface area (Å²) in [5.41, 5.74) is 0. The van der Waals surface area contributed by atoms with Crippen molar-refractivity contribution in [2.24, 2.45) is 17.8 Å². The summed E-state index contributed by atoms with van der Waals surface area (Å²) >= 11 is 0.